The summed E-state index contributed by atoms with van der Waals surface area (Å²) in [7, 11) is -3.83. The summed E-state index contributed by atoms with van der Waals surface area (Å²) in [5, 5.41) is 10.1. The van der Waals surface area contributed by atoms with Gasteiger partial charge < -0.3 is 10.8 Å². The van der Waals surface area contributed by atoms with Gasteiger partial charge in [0.15, 0.2) is 0 Å². The number of benzene rings is 1. The summed E-state index contributed by atoms with van der Waals surface area (Å²) in [6.07, 6.45) is 0. The van der Waals surface area contributed by atoms with Crippen molar-refractivity contribution in [2.45, 2.75) is 24.3 Å². The van der Waals surface area contributed by atoms with Crippen LogP contribution in [0.5, 0.6) is 0 Å². The zero-order valence-corrected chi connectivity index (χ0v) is 13.4. The second-order valence-electron chi connectivity index (χ2n) is 5.35. The lowest BCUT2D eigenvalue weighted by Crippen LogP contribution is -2.65. The number of nitrogens with zero attached hydrogens (tertiary/aromatic N) is 1. The number of nitrogen functional groups attached to an aromatic ring is 1. The molecule has 1 fully saturated rings. The number of β-amino-alcohol motifs (C(OH)–C–C–N with tert-alkyl or cyclic N) is 1. The number of aliphatic hydroxyl groups is 1. The standard InChI is InChI=1S/C12H16Cl2N2O3S/c1-7(2)12(17)5-16(6-12)20(18,19)11-9(13)3-8(15)4-10(11)14/h3-4,7,17H,5-6,15H2,1-2H3. The second-order valence-corrected chi connectivity index (χ2v) is 8.03. The quantitative estimate of drug-likeness (QED) is 0.825. The van der Waals surface area contributed by atoms with E-state index in [1.54, 1.807) is 0 Å². The molecule has 8 heteroatoms. The van der Waals surface area contributed by atoms with Crippen LogP contribution in [0.25, 0.3) is 0 Å². The highest BCUT2D eigenvalue weighted by Crippen LogP contribution is 2.38. The molecule has 3 N–H and O–H groups in total. The van der Waals surface area contributed by atoms with E-state index in [9.17, 15) is 13.5 Å². The number of hydrogen-bond donors (Lipinski definition) is 2. The molecule has 0 saturated carbocycles. The van der Waals surface area contributed by atoms with Gasteiger partial charge in [0.2, 0.25) is 10.0 Å². The van der Waals surface area contributed by atoms with Crippen molar-refractivity contribution in [3.05, 3.63) is 22.2 Å². The van der Waals surface area contributed by atoms with Crippen LogP contribution < -0.4 is 5.73 Å². The molecule has 0 radical (unpaired) electrons. The first kappa shape index (κ1) is 15.9. The molecule has 0 aromatic heterocycles. The van der Waals surface area contributed by atoms with Crippen LogP contribution in [-0.2, 0) is 10.0 Å². The maximum absolute atomic E-state index is 12.5. The van der Waals surface area contributed by atoms with Crippen molar-refractivity contribution >= 4 is 38.9 Å². The van der Waals surface area contributed by atoms with E-state index in [4.69, 9.17) is 28.9 Å². The molecule has 112 valence electrons. The lowest BCUT2D eigenvalue weighted by molar-refractivity contribution is -0.0932. The van der Waals surface area contributed by atoms with Crippen molar-refractivity contribution in [2.75, 3.05) is 18.8 Å². The van der Waals surface area contributed by atoms with E-state index < -0.39 is 15.6 Å². The fourth-order valence-corrected chi connectivity index (χ4v) is 4.80. The maximum atomic E-state index is 12.5. The van der Waals surface area contributed by atoms with Crippen LogP contribution in [0.2, 0.25) is 10.0 Å². The minimum absolute atomic E-state index is 0.0185. The lowest BCUT2D eigenvalue weighted by Gasteiger charge is -2.48. The summed E-state index contributed by atoms with van der Waals surface area (Å²) < 4.78 is 26.1. The monoisotopic (exact) mass is 338 g/mol. The van der Waals surface area contributed by atoms with Gasteiger partial charge in [0.1, 0.15) is 4.90 Å². The Bertz CT molecular complexity index is 617. The Morgan fingerprint density at radius 2 is 1.75 bits per heavy atom. The molecule has 0 aliphatic carbocycles. The summed E-state index contributed by atoms with van der Waals surface area (Å²) in [6.45, 7) is 3.74. The van der Waals surface area contributed by atoms with Crippen LogP contribution in [0.1, 0.15) is 13.8 Å². The number of anilines is 1. The first-order valence-electron chi connectivity index (χ1n) is 6.05. The van der Waals surface area contributed by atoms with Crippen LogP contribution in [0.4, 0.5) is 5.69 Å². The first-order chi connectivity index (χ1) is 9.08. The predicted octanol–water partition coefficient (Wildman–Crippen LogP) is 1.97. The van der Waals surface area contributed by atoms with Gasteiger partial charge in [-0.3, -0.25) is 0 Å². The molecule has 1 saturated heterocycles. The zero-order valence-electron chi connectivity index (χ0n) is 11.1. The highest BCUT2D eigenvalue weighted by atomic mass is 35.5. The van der Waals surface area contributed by atoms with E-state index in [0.29, 0.717) is 5.69 Å². The zero-order chi connectivity index (χ0) is 15.3. The molecule has 1 aromatic carbocycles. The Hall–Kier alpha value is -0.530. The van der Waals surface area contributed by atoms with Crippen molar-refractivity contribution in [2.24, 2.45) is 5.92 Å². The van der Waals surface area contributed by atoms with E-state index in [2.05, 4.69) is 0 Å². The van der Waals surface area contributed by atoms with Crippen molar-refractivity contribution in [1.82, 2.24) is 4.31 Å². The topological polar surface area (TPSA) is 83.6 Å². The first-order valence-corrected chi connectivity index (χ1v) is 8.24. The third-order valence-electron chi connectivity index (χ3n) is 3.59. The highest BCUT2D eigenvalue weighted by molar-refractivity contribution is 7.89. The van der Waals surface area contributed by atoms with Gasteiger partial charge in [-0.2, -0.15) is 4.31 Å². The molecular weight excluding hydrogens is 323 g/mol. The normalized spacial score (nSPS) is 19.1. The number of hydrogen-bond acceptors (Lipinski definition) is 4. The van der Waals surface area contributed by atoms with Gasteiger partial charge in [-0.05, 0) is 18.1 Å². The number of sulfonamides is 1. The van der Waals surface area contributed by atoms with Crippen molar-refractivity contribution < 1.29 is 13.5 Å². The third-order valence-corrected chi connectivity index (χ3v) is 6.31. The molecule has 1 aromatic rings. The Morgan fingerprint density at radius 1 is 1.30 bits per heavy atom. The third kappa shape index (κ3) is 2.51. The van der Waals surface area contributed by atoms with Gasteiger partial charge in [-0.15, -0.1) is 0 Å². The molecule has 1 heterocycles. The molecule has 5 nitrogen and oxygen atoms in total. The highest BCUT2D eigenvalue weighted by Gasteiger charge is 2.49. The fourth-order valence-electron chi connectivity index (χ4n) is 2.05. The molecule has 0 spiro atoms. The molecule has 0 unspecified atom stereocenters. The van der Waals surface area contributed by atoms with Crippen LogP contribution in [-0.4, -0.2) is 36.5 Å². The van der Waals surface area contributed by atoms with E-state index in [1.807, 2.05) is 13.8 Å². The van der Waals surface area contributed by atoms with E-state index >= 15 is 0 Å². The summed E-state index contributed by atoms with van der Waals surface area (Å²) in [5.41, 5.74) is 4.85. The molecule has 0 bridgehead atoms. The van der Waals surface area contributed by atoms with Crippen LogP contribution in [0, 0.1) is 5.92 Å². The SMILES string of the molecule is CC(C)C1(O)CN(S(=O)(=O)c2c(Cl)cc(N)cc2Cl)C1. The Labute approximate surface area is 128 Å². The number of rotatable bonds is 3. The minimum Gasteiger partial charge on any atom is -0.399 e. The molecule has 1 aliphatic heterocycles. The summed E-state index contributed by atoms with van der Waals surface area (Å²) in [4.78, 5) is -0.166. The Kier molecular flexibility index (Phi) is 3.99. The molecule has 2 rings (SSSR count). The van der Waals surface area contributed by atoms with Gasteiger partial charge >= 0.3 is 0 Å². The van der Waals surface area contributed by atoms with E-state index in [1.165, 1.54) is 12.1 Å². The van der Waals surface area contributed by atoms with Crippen molar-refractivity contribution in [3.8, 4) is 0 Å². The van der Waals surface area contributed by atoms with Crippen molar-refractivity contribution in [1.29, 1.82) is 0 Å². The Morgan fingerprint density at radius 3 is 2.15 bits per heavy atom. The average molecular weight is 339 g/mol. The van der Waals surface area contributed by atoms with Crippen LogP contribution >= 0.6 is 23.2 Å². The van der Waals surface area contributed by atoms with E-state index in [0.717, 1.165) is 4.31 Å². The van der Waals surface area contributed by atoms with Gasteiger partial charge in [-0.25, -0.2) is 8.42 Å². The Balaban J connectivity index is 2.35. The van der Waals surface area contributed by atoms with Crippen LogP contribution in [0.15, 0.2) is 17.0 Å². The van der Waals surface area contributed by atoms with Gasteiger partial charge in [-0.1, -0.05) is 37.0 Å². The van der Waals surface area contributed by atoms with Gasteiger partial charge in [0.05, 0.1) is 15.6 Å². The molecule has 20 heavy (non-hydrogen) atoms. The molecule has 1 aliphatic rings. The fraction of sp³-hybridized carbons (Fsp3) is 0.500. The minimum atomic E-state index is -3.83. The smallest absolute Gasteiger partial charge is 0.246 e. The number of halogens is 2. The molecule has 0 atom stereocenters. The predicted molar refractivity (Wildman–Crippen MR) is 79.4 cm³/mol. The van der Waals surface area contributed by atoms with Gasteiger partial charge in [0, 0.05) is 18.8 Å². The second kappa shape index (κ2) is 5.03. The summed E-state index contributed by atoms with van der Waals surface area (Å²) >= 11 is 11.9. The molecular formula is C12H16Cl2N2O3S. The average Bonchev–Trinajstić information content (AvgIpc) is 2.22. The number of nitrogens with two attached hydrogens (primary N) is 1. The van der Waals surface area contributed by atoms with Gasteiger partial charge in [0.25, 0.3) is 0 Å². The summed E-state index contributed by atoms with van der Waals surface area (Å²) in [5.74, 6) is -0.0358. The van der Waals surface area contributed by atoms with E-state index in [-0.39, 0.29) is 33.9 Å². The maximum Gasteiger partial charge on any atom is 0.246 e. The van der Waals surface area contributed by atoms with Crippen LogP contribution in [0.3, 0.4) is 0 Å². The summed E-state index contributed by atoms with van der Waals surface area (Å²) in [6, 6.07) is 2.68. The van der Waals surface area contributed by atoms with Crippen molar-refractivity contribution in [3.63, 3.8) is 0 Å². The largest absolute Gasteiger partial charge is 0.399 e. The molecule has 0 amide bonds. The lowest BCUT2D eigenvalue weighted by atomic mass is 9.85.